The number of anilines is 2. The molecule has 0 radical (unpaired) electrons. The zero-order valence-electron chi connectivity index (χ0n) is 11.5. The Kier molecular flexibility index (Phi) is 4.54. The van der Waals surface area contributed by atoms with Crippen LogP contribution in [0.15, 0.2) is 22.2 Å². The molecule has 0 aromatic carbocycles. The molecule has 1 aromatic rings. The number of nitrogens with zero attached hydrogens (tertiary/aromatic N) is 2. The summed E-state index contributed by atoms with van der Waals surface area (Å²) >= 11 is 6.18. The van der Waals surface area contributed by atoms with Crippen molar-refractivity contribution >= 4 is 23.1 Å². The molecule has 0 amide bonds. The highest BCUT2D eigenvalue weighted by atomic mass is 35.5. The first-order chi connectivity index (χ1) is 9.60. The monoisotopic (exact) mass is 298 g/mol. The number of halogens is 1. The van der Waals surface area contributed by atoms with Gasteiger partial charge in [-0.2, -0.15) is 0 Å². The van der Waals surface area contributed by atoms with Crippen LogP contribution in [0.5, 0.6) is 0 Å². The Balaban J connectivity index is 2.44. The van der Waals surface area contributed by atoms with Crippen molar-refractivity contribution in [1.82, 2.24) is 9.55 Å². The summed E-state index contributed by atoms with van der Waals surface area (Å²) < 4.78 is 1.55. The summed E-state index contributed by atoms with van der Waals surface area (Å²) in [6.45, 7) is 6.74. The summed E-state index contributed by atoms with van der Waals surface area (Å²) in [5, 5.41) is 3.00. The van der Waals surface area contributed by atoms with Crippen molar-refractivity contribution in [3.63, 3.8) is 0 Å². The standard InChI is InChI=1S/C13H19ClN4O2/c1-3-5-6-8-18-10-9(11(19)16-13(18)20)17(7-4-2)12(14)15-10/h4,12,15H,2-3,5-8H2,1H3,(H,16,19,20). The van der Waals surface area contributed by atoms with Crippen LogP contribution in [-0.4, -0.2) is 21.7 Å². The minimum atomic E-state index is -0.552. The molecular weight excluding hydrogens is 280 g/mol. The second-order valence-corrected chi connectivity index (χ2v) is 5.15. The highest BCUT2D eigenvalue weighted by molar-refractivity contribution is 6.24. The molecule has 2 heterocycles. The molecule has 2 N–H and O–H groups in total. The van der Waals surface area contributed by atoms with E-state index in [1.54, 1.807) is 15.5 Å². The highest BCUT2D eigenvalue weighted by Gasteiger charge is 2.31. The summed E-state index contributed by atoms with van der Waals surface area (Å²) in [4.78, 5) is 28.0. The van der Waals surface area contributed by atoms with Gasteiger partial charge in [0.25, 0.3) is 5.56 Å². The van der Waals surface area contributed by atoms with Gasteiger partial charge in [0, 0.05) is 13.1 Å². The lowest BCUT2D eigenvalue weighted by molar-refractivity contribution is 0.582. The Hall–Kier alpha value is -1.69. The normalized spacial score (nSPS) is 16.9. The van der Waals surface area contributed by atoms with E-state index in [-0.39, 0.29) is 0 Å². The number of fused-ring (bicyclic) bond motifs is 1. The number of hydrogen-bond donors (Lipinski definition) is 2. The molecule has 1 unspecified atom stereocenters. The van der Waals surface area contributed by atoms with Crippen molar-refractivity contribution in [2.24, 2.45) is 0 Å². The Bertz CT molecular complexity index is 607. The molecule has 1 aliphatic rings. The Morgan fingerprint density at radius 3 is 2.80 bits per heavy atom. The zero-order chi connectivity index (χ0) is 14.7. The minimum absolute atomic E-state index is 0.401. The maximum absolute atomic E-state index is 12.0. The third kappa shape index (κ3) is 2.60. The number of aromatic nitrogens is 2. The molecule has 110 valence electrons. The Morgan fingerprint density at radius 1 is 1.40 bits per heavy atom. The summed E-state index contributed by atoms with van der Waals surface area (Å²) in [5.41, 5.74) is -0.972. The van der Waals surface area contributed by atoms with Gasteiger partial charge in [0.1, 0.15) is 11.5 Å². The van der Waals surface area contributed by atoms with Gasteiger partial charge in [-0.3, -0.25) is 14.3 Å². The van der Waals surface area contributed by atoms with Crippen LogP contribution in [0.25, 0.3) is 0 Å². The average Bonchev–Trinajstić information content (AvgIpc) is 2.72. The molecule has 20 heavy (non-hydrogen) atoms. The summed E-state index contributed by atoms with van der Waals surface area (Å²) in [6.07, 6.45) is 4.64. The van der Waals surface area contributed by atoms with E-state index in [1.807, 2.05) is 0 Å². The first kappa shape index (κ1) is 14.7. The predicted octanol–water partition coefficient (Wildman–Crippen LogP) is 1.67. The van der Waals surface area contributed by atoms with E-state index in [0.29, 0.717) is 24.6 Å². The van der Waals surface area contributed by atoms with E-state index in [1.165, 1.54) is 0 Å². The lowest BCUT2D eigenvalue weighted by atomic mass is 10.2. The maximum atomic E-state index is 12.0. The van der Waals surface area contributed by atoms with Crippen molar-refractivity contribution in [3.05, 3.63) is 33.5 Å². The maximum Gasteiger partial charge on any atom is 0.330 e. The number of alkyl halides is 1. The molecule has 0 saturated heterocycles. The fraction of sp³-hybridized carbons (Fsp3) is 0.538. The van der Waals surface area contributed by atoms with Gasteiger partial charge in [0.15, 0.2) is 5.62 Å². The van der Waals surface area contributed by atoms with Crippen LogP contribution >= 0.6 is 11.6 Å². The second kappa shape index (κ2) is 6.17. The van der Waals surface area contributed by atoms with E-state index in [0.717, 1.165) is 19.3 Å². The zero-order valence-corrected chi connectivity index (χ0v) is 12.2. The van der Waals surface area contributed by atoms with E-state index < -0.39 is 16.9 Å². The Labute approximate surface area is 122 Å². The van der Waals surface area contributed by atoms with Crippen LogP contribution in [0, 0.1) is 0 Å². The predicted molar refractivity (Wildman–Crippen MR) is 81.7 cm³/mol. The van der Waals surface area contributed by atoms with Crippen LogP contribution in [0.4, 0.5) is 11.5 Å². The van der Waals surface area contributed by atoms with Crippen molar-refractivity contribution < 1.29 is 0 Å². The third-order valence-electron chi connectivity index (χ3n) is 3.30. The van der Waals surface area contributed by atoms with Gasteiger partial charge in [0.05, 0.1) is 0 Å². The fourth-order valence-corrected chi connectivity index (χ4v) is 2.61. The summed E-state index contributed by atoms with van der Waals surface area (Å²) in [6, 6.07) is 0. The molecule has 1 aromatic heterocycles. The van der Waals surface area contributed by atoms with Gasteiger partial charge in [-0.25, -0.2) is 4.79 Å². The molecule has 0 spiro atoms. The van der Waals surface area contributed by atoms with Crippen molar-refractivity contribution in [2.75, 3.05) is 16.8 Å². The van der Waals surface area contributed by atoms with E-state index in [2.05, 4.69) is 23.8 Å². The molecule has 6 nitrogen and oxygen atoms in total. The van der Waals surface area contributed by atoms with Crippen LogP contribution in [-0.2, 0) is 6.54 Å². The number of nitrogens with one attached hydrogen (secondary N) is 2. The van der Waals surface area contributed by atoms with Crippen LogP contribution in [0.1, 0.15) is 26.2 Å². The average molecular weight is 299 g/mol. The highest BCUT2D eigenvalue weighted by Crippen LogP contribution is 2.31. The smallest absolute Gasteiger partial charge is 0.330 e. The fourth-order valence-electron chi connectivity index (χ4n) is 2.33. The van der Waals surface area contributed by atoms with Gasteiger partial charge in [-0.15, -0.1) is 6.58 Å². The number of hydrogen-bond acceptors (Lipinski definition) is 4. The molecule has 0 bridgehead atoms. The summed E-state index contributed by atoms with van der Waals surface area (Å²) in [7, 11) is 0. The number of rotatable bonds is 6. The molecule has 0 aliphatic carbocycles. The van der Waals surface area contributed by atoms with Crippen molar-refractivity contribution in [2.45, 2.75) is 38.4 Å². The second-order valence-electron chi connectivity index (χ2n) is 4.74. The quantitative estimate of drug-likeness (QED) is 0.363. The topological polar surface area (TPSA) is 70.1 Å². The van der Waals surface area contributed by atoms with Gasteiger partial charge < -0.3 is 10.2 Å². The van der Waals surface area contributed by atoms with E-state index >= 15 is 0 Å². The number of unbranched alkanes of at least 4 members (excludes halogenated alkanes) is 2. The number of H-pyrrole nitrogens is 1. The largest absolute Gasteiger partial charge is 0.337 e. The lowest BCUT2D eigenvalue weighted by Gasteiger charge is -2.18. The molecule has 7 heteroatoms. The van der Waals surface area contributed by atoms with Gasteiger partial charge in [-0.05, 0) is 6.42 Å². The molecule has 1 aliphatic heterocycles. The van der Waals surface area contributed by atoms with Crippen molar-refractivity contribution in [1.29, 1.82) is 0 Å². The van der Waals surface area contributed by atoms with Gasteiger partial charge >= 0.3 is 5.69 Å². The van der Waals surface area contributed by atoms with Crippen LogP contribution in [0.3, 0.4) is 0 Å². The minimum Gasteiger partial charge on any atom is -0.337 e. The lowest BCUT2D eigenvalue weighted by Crippen LogP contribution is -2.35. The molecular formula is C13H19ClN4O2. The van der Waals surface area contributed by atoms with Crippen molar-refractivity contribution in [3.8, 4) is 0 Å². The first-order valence-corrected chi connectivity index (χ1v) is 7.19. The van der Waals surface area contributed by atoms with E-state index in [9.17, 15) is 9.59 Å². The SMILES string of the molecule is C=CCN1c2c(n(CCCCC)c(=O)[nH]c2=O)NC1Cl. The molecule has 2 rings (SSSR count). The van der Waals surface area contributed by atoms with Gasteiger partial charge in [0.2, 0.25) is 0 Å². The molecule has 0 fully saturated rings. The third-order valence-corrected chi connectivity index (χ3v) is 3.65. The first-order valence-electron chi connectivity index (χ1n) is 6.75. The summed E-state index contributed by atoms with van der Waals surface area (Å²) in [5.74, 6) is 0.497. The Morgan fingerprint density at radius 2 is 2.15 bits per heavy atom. The van der Waals surface area contributed by atoms with Crippen LogP contribution < -0.4 is 21.5 Å². The number of aromatic amines is 1. The molecule has 1 atom stereocenters. The molecule has 0 saturated carbocycles. The van der Waals surface area contributed by atoms with Crippen LogP contribution in [0.2, 0.25) is 0 Å². The van der Waals surface area contributed by atoms with Gasteiger partial charge in [-0.1, -0.05) is 37.4 Å². The van der Waals surface area contributed by atoms with E-state index in [4.69, 9.17) is 11.6 Å².